The Kier molecular flexibility index (Phi) is 5.60. The zero-order chi connectivity index (χ0) is 35.0. The van der Waals surface area contributed by atoms with E-state index in [1.165, 1.54) is 110 Å². The molecule has 0 unspecified atom stereocenters. The van der Waals surface area contributed by atoms with Crippen LogP contribution in [0.5, 0.6) is 0 Å². The Labute approximate surface area is 306 Å². The number of fused-ring (bicyclic) bond motifs is 15. The van der Waals surface area contributed by atoms with Crippen LogP contribution in [0.15, 0.2) is 170 Å². The molecule has 0 N–H and O–H groups in total. The summed E-state index contributed by atoms with van der Waals surface area (Å²) in [5, 5.41) is 12.9. The minimum atomic E-state index is -0.256. The maximum absolute atomic E-state index is 2.54. The number of hydrogen-bond acceptors (Lipinski definition) is 0. The van der Waals surface area contributed by atoms with Gasteiger partial charge in [0.25, 0.3) is 0 Å². The summed E-state index contributed by atoms with van der Waals surface area (Å²) in [4.78, 5) is 0. The number of hydrogen-bond donors (Lipinski definition) is 0. The van der Waals surface area contributed by atoms with E-state index in [0.29, 0.717) is 0 Å². The quantitative estimate of drug-likeness (QED) is 0.162. The van der Waals surface area contributed by atoms with Crippen molar-refractivity contribution in [1.29, 1.82) is 0 Å². The highest BCUT2D eigenvalue weighted by atomic mass is 15.0. The van der Waals surface area contributed by atoms with Gasteiger partial charge in [0.2, 0.25) is 0 Å². The van der Waals surface area contributed by atoms with E-state index in [4.69, 9.17) is 0 Å². The molecule has 0 saturated heterocycles. The highest BCUT2D eigenvalue weighted by Crippen LogP contribution is 2.55. The fraction of sp³-hybridized carbons (Fsp3) is 0.0588. The predicted octanol–water partition coefficient (Wildman–Crippen LogP) is 13.6. The number of nitrogens with zero attached hydrogens (tertiary/aromatic N) is 2. The molecule has 0 atom stereocenters. The molecule has 0 aliphatic heterocycles. The monoisotopic (exact) mass is 674 g/mol. The van der Waals surface area contributed by atoms with E-state index < -0.39 is 0 Å². The van der Waals surface area contributed by atoms with Gasteiger partial charge in [-0.1, -0.05) is 135 Å². The fourth-order valence-corrected chi connectivity index (χ4v) is 9.90. The summed E-state index contributed by atoms with van der Waals surface area (Å²) in [5.41, 5.74) is 12.4. The first-order valence-corrected chi connectivity index (χ1v) is 18.6. The largest absolute Gasteiger partial charge is 0.309 e. The van der Waals surface area contributed by atoms with Crippen molar-refractivity contribution in [3.05, 3.63) is 181 Å². The molecule has 9 aromatic carbocycles. The molecule has 2 nitrogen and oxygen atoms in total. The van der Waals surface area contributed by atoms with Gasteiger partial charge >= 0.3 is 0 Å². The Morgan fingerprint density at radius 2 is 0.717 bits per heavy atom. The highest BCUT2D eigenvalue weighted by Gasteiger charge is 2.39. The van der Waals surface area contributed by atoms with E-state index in [2.05, 4.69) is 193 Å². The summed E-state index contributed by atoms with van der Waals surface area (Å²) in [5.74, 6) is 0. The standard InChI is InChI=1S/C51H34N2/c1-51(2)43-30-41-35-18-6-4-16-33(35)32-15-3-5-17-34(32)40(41)29-42(43)50-44(51)27-31(52-45-23-11-7-19-36(45)37-20-8-12-24-46(37)52)28-49(50)53-47-25-13-9-21-38(47)39-22-10-14-26-48(39)53/h3-30H,1-2H3. The molecule has 248 valence electrons. The maximum atomic E-state index is 2.54. The van der Waals surface area contributed by atoms with Crippen LogP contribution in [0.4, 0.5) is 0 Å². The van der Waals surface area contributed by atoms with E-state index >= 15 is 0 Å². The molecule has 2 heteroatoms. The molecule has 12 rings (SSSR count). The molecular weight excluding hydrogens is 641 g/mol. The van der Waals surface area contributed by atoms with Crippen molar-refractivity contribution in [2.45, 2.75) is 19.3 Å². The third-order valence-corrected chi connectivity index (χ3v) is 12.3. The van der Waals surface area contributed by atoms with Crippen molar-refractivity contribution in [3.63, 3.8) is 0 Å². The Bertz CT molecular complexity index is 3260. The van der Waals surface area contributed by atoms with E-state index in [-0.39, 0.29) is 5.41 Å². The van der Waals surface area contributed by atoms with Gasteiger partial charge in [-0.05, 0) is 97.5 Å². The average molecular weight is 675 g/mol. The molecule has 2 aromatic heterocycles. The topological polar surface area (TPSA) is 9.86 Å². The summed E-state index contributed by atoms with van der Waals surface area (Å²) in [6.45, 7) is 4.86. The van der Waals surface area contributed by atoms with Crippen LogP contribution in [0.1, 0.15) is 25.0 Å². The van der Waals surface area contributed by atoms with Crippen LogP contribution in [0, 0.1) is 0 Å². The fourth-order valence-electron chi connectivity index (χ4n) is 9.90. The smallest absolute Gasteiger partial charge is 0.0564 e. The Hall–Kier alpha value is -6.64. The first-order valence-electron chi connectivity index (χ1n) is 18.6. The van der Waals surface area contributed by atoms with Crippen LogP contribution < -0.4 is 0 Å². The highest BCUT2D eigenvalue weighted by molar-refractivity contribution is 6.26. The van der Waals surface area contributed by atoms with Gasteiger partial charge in [0.1, 0.15) is 0 Å². The molecule has 11 aromatic rings. The van der Waals surface area contributed by atoms with Crippen molar-refractivity contribution >= 4 is 75.9 Å². The third kappa shape index (κ3) is 3.72. The van der Waals surface area contributed by atoms with Crippen LogP contribution in [0.25, 0.3) is 98.4 Å². The van der Waals surface area contributed by atoms with E-state index in [1.54, 1.807) is 0 Å². The molecule has 0 saturated carbocycles. The lowest BCUT2D eigenvalue weighted by atomic mass is 9.81. The Morgan fingerprint density at radius 1 is 0.340 bits per heavy atom. The van der Waals surface area contributed by atoms with Crippen molar-refractivity contribution in [2.24, 2.45) is 0 Å². The van der Waals surface area contributed by atoms with Crippen LogP contribution in [0.2, 0.25) is 0 Å². The molecule has 0 fully saturated rings. The summed E-state index contributed by atoms with van der Waals surface area (Å²) < 4.78 is 5.02. The summed E-state index contributed by atoms with van der Waals surface area (Å²) >= 11 is 0. The van der Waals surface area contributed by atoms with E-state index in [1.807, 2.05) is 0 Å². The van der Waals surface area contributed by atoms with E-state index in [0.717, 1.165) is 0 Å². The van der Waals surface area contributed by atoms with Gasteiger partial charge in [0, 0.05) is 38.2 Å². The molecule has 1 aliphatic rings. The van der Waals surface area contributed by atoms with Gasteiger partial charge in [-0.3, -0.25) is 0 Å². The third-order valence-electron chi connectivity index (χ3n) is 12.3. The minimum absolute atomic E-state index is 0.256. The number of rotatable bonds is 2. The lowest BCUT2D eigenvalue weighted by molar-refractivity contribution is 0.660. The summed E-state index contributed by atoms with van der Waals surface area (Å²) in [6, 6.07) is 63.4. The molecular formula is C51H34N2. The minimum Gasteiger partial charge on any atom is -0.309 e. The van der Waals surface area contributed by atoms with Crippen LogP contribution in [-0.4, -0.2) is 9.13 Å². The van der Waals surface area contributed by atoms with Gasteiger partial charge in [0.15, 0.2) is 0 Å². The lowest BCUT2D eigenvalue weighted by Crippen LogP contribution is -2.16. The Morgan fingerprint density at radius 3 is 1.19 bits per heavy atom. The van der Waals surface area contributed by atoms with Crippen molar-refractivity contribution in [3.8, 4) is 22.5 Å². The average Bonchev–Trinajstić information content (AvgIpc) is 3.80. The van der Waals surface area contributed by atoms with Gasteiger partial charge < -0.3 is 9.13 Å². The molecule has 0 bridgehead atoms. The second-order valence-electron chi connectivity index (χ2n) is 15.3. The molecule has 0 radical (unpaired) electrons. The van der Waals surface area contributed by atoms with Crippen molar-refractivity contribution in [2.75, 3.05) is 0 Å². The zero-order valence-corrected chi connectivity index (χ0v) is 29.6. The second kappa shape index (κ2) is 10.2. The van der Waals surface area contributed by atoms with Crippen LogP contribution >= 0.6 is 0 Å². The lowest BCUT2D eigenvalue weighted by Gasteiger charge is -2.24. The molecule has 2 heterocycles. The van der Waals surface area contributed by atoms with Gasteiger partial charge in [0.05, 0.1) is 27.8 Å². The zero-order valence-electron chi connectivity index (χ0n) is 29.6. The SMILES string of the molecule is CC1(C)c2cc3c4ccccc4c4ccccc4c3cc2-c2c(-n3c4ccccc4c4ccccc43)cc(-n3c4ccccc4c4ccccc43)cc21. The van der Waals surface area contributed by atoms with Gasteiger partial charge in [-0.2, -0.15) is 0 Å². The molecule has 1 aliphatic carbocycles. The van der Waals surface area contributed by atoms with Crippen molar-refractivity contribution in [1.82, 2.24) is 9.13 Å². The second-order valence-corrected chi connectivity index (χ2v) is 15.3. The van der Waals surface area contributed by atoms with Crippen LogP contribution in [-0.2, 0) is 5.41 Å². The number of aromatic nitrogens is 2. The predicted molar refractivity (Wildman–Crippen MR) is 225 cm³/mol. The number of benzene rings is 9. The normalized spacial score (nSPS) is 13.6. The van der Waals surface area contributed by atoms with Crippen molar-refractivity contribution < 1.29 is 0 Å². The molecule has 53 heavy (non-hydrogen) atoms. The maximum Gasteiger partial charge on any atom is 0.0564 e. The number of para-hydroxylation sites is 4. The first-order chi connectivity index (χ1) is 26.1. The van der Waals surface area contributed by atoms with Gasteiger partial charge in [-0.25, -0.2) is 0 Å². The first kappa shape index (κ1) is 29.0. The van der Waals surface area contributed by atoms with Crippen LogP contribution in [0.3, 0.4) is 0 Å². The molecule has 0 spiro atoms. The van der Waals surface area contributed by atoms with Gasteiger partial charge in [-0.15, -0.1) is 0 Å². The summed E-state index contributed by atoms with van der Waals surface area (Å²) in [7, 11) is 0. The molecule has 0 amide bonds. The van der Waals surface area contributed by atoms with E-state index in [9.17, 15) is 0 Å². The summed E-state index contributed by atoms with van der Waals surface area (Å²) in [6.07, 6.45) is 0. The Balaban J connectivity index is 1.28.